The molecule has 1 heterocycles. The molecule has 2 rings (SSSR count). The molecule has 0 radical (unpaired) electrons. The van der Waals surface area contributed by atoms with E-state index in [1.54, 1.807) is 12.1 Å². The summed E-state index contributed by atoms with van der Waals surface area (Å²) in [4.78, 5) is 11.3. The molecule has 0 spiro atoms. The van der Waals surface area contributed by atoms with Crippen LogP contribution in [-0.2, 0) is 4.74 Å². The van der Waals surface area contributed by atoms with Gasteiger partial charge in [0.05, 0.1) is 16.2 Å². The summed E-state index contributed by atoms with van der Waals surface area (Å²) in [6.45, 7) is 4.90. The predicted molar refractivity (Wildman–Crippen MR) is 76.6 cm³/mol. The molecule has 1 amide bonds. The number of amides is 1. The summed E-state index contributed by atoms with van der Waals surface area (Å²) in [5.74, 6) is -0.513. The number of benzene rings is 1. The molecular weight excluding hydrogens is 264 g/mol. The minimum atomic E-state index is -0.513. The van der Waals surface area contributed by atoms with E-state index in [0.717, 1.165) is 25.1 Å². The van der Waals surface area contributed by atoms with E-state index in [1.807, 2.05) is 6.07 Å². The molecule has 1 aliphatic rings. The zero-order chi connectivity index (χ0) is 14.0. The molecule has 0 aromatic heterocycles. The number of nitrogens with one attached hydrogen (secondary N) is 1. The highest BCUT2D eigenvalue weighted by Crippen LogP contribution is 2.27. The number of anilines is 1. The van der Waals surface area contributed by atoms with Crippen LogP contribution in [0, 0.1) is 0 Å². The first-order chi connectivity index (χ1) is 8.87. The normalized spacial score (nSPS) is 21.9. The van der Waals surface area contributed by atoms with Gasteiger partial charge in [0, 0.05) is 18.3 Å². The number of carbonyl (C=O) groups is 1. The third-order valence-electron chi connectivity index (χ3n) is 3.30. The molecule has 5 heteroatoms. The Kier molecular flexibility index (Phi) is 4.02. The van der Waals surface area contributed by atoms with Crippen LogP contribution < -0.4 is 11.1 Å². The van der Waals surface area contributed by atoms with Crippen molar-refractivity contribution < 1.29 is 9.53 Å². The maximum Gasteiger partial charge on any atom is 0.250 e. The lowest BCUT2D eigenvalue weighted by atomic mass is 9.93. The zero-order valence-electron chi connectivity index (χ0n) is 11.2. The molecule has 104 valence electrons. The Morgan fingerprint density at radius 3 is 2.89 bits per heavy atom. The van der Waals surface area contributed by atoms with Gasteiger partial charge in [-0.15, -0.1) is 0 Å². The Labute approximate surface area is 118 Å². The number of primary amides is 1. The topological polar surface area (TPSA) is 64.3 Å². The van der Waals surface area contributed by atoms with Crippen LogP contribution >= 0.6 is 11.6 Å². The Hall–Kier alpha value is -1.26. The summed E-state index contributed by atoms with van der Waals surface area (Å²) in [6, 6.07) is 5.57. The van der Waals surface area contributed by atoms with Gasteiger partial charge in [-0.3, -0.25) is 4.79 Å². The van der Waals surface area contributed by atoms with Crippen molar-refractivity contribution in [3.05, 3.63) is 28.8 Å². The summed E-state index contributed by atoms with van der Waals surface area (Å²) < 4.78 is 5.68. The van der Waals surface area contributed by atoms with Crippen molar-refractivity contribution in [2.45, 2.75) is 38.3 Å². The second-order valence-electron chi connectivity index (χ2n) is 5.50. The van der Waals surface area contributed by atoms with Gasteiger partial charge in [-0.1, -0.05) is 11.6 Å². The molecule has 1 aromatic rings. The van der Waals surface area contributed by atoms with Gasteiger partial charge in [0.2, 0.25) is 5.91 Å². The lowest BCUT2D eigenvalue weighted by Crippen LogP contribution is -2.40. The molecule has 1 saturated heterocycles. The molecule has 3 N–H and O–H groups in total. The lowest BCUT2D eigenvalue weighted by molar-refractivity contribution is -0.0553. The molecular formula is C14H19ClN2O2. The minimum Gasteiger partial charge on any atom is -0.382 e. The van der Waals surface area contributed by atoms with Crippen LogP contribution in [0.1, 0.15) is 37.0 Å². The van der Waals surface area contributed by atoms with E-state index < -0.39 is 5.91 Å². The summed E-state index contributed by atoms with van der Waals surface area (Å²) in [5, 5.41) is 3.79. The summed E-state index contributed by atoms with van der Waals surface area (Å²) >= 11 is 5.93. The fraction of sp³-hybridized carbons (Fsp3) is 0.500. The van der Waals surface area contributed by atoms with Crippen molar-refractivity contribution in [2.24, 2.45) is 5.73 Å². The standard InChI is InChI=1S/C14H19ClN2O2/c1-14(2)8-10(5-6-19-14)17-9-3-4-12(15)11(7-9)13(16)18/h3-4,7,10,17H,5-6,8H2,1-2H3,(H2,16,18). The average molecular weight is 283 g/mol. The van der Waals surface area contributed by atoms with Gasteiger partial charge in [-0.05, 0) is 44.9 Å². The number of hydrogen-bond acceptors (Lipinski definition) is 3. The highest BCUT2D eigenvalue weighted by molar-refractivity contribution is 6.33. The first-order valence-electron chi connectivity index (χ1n) is 6.37. The van der Waals surface area contributed by atoms with Crippen molar-refractivity contribution in [2.75, 3.05) is 11.9 Å². The van der Waals surface area contributed by atoms with Crippen LogP contribution in [-0.4, -0.2) is 24.2 Å². The van der Waals surface area contributed by atoms with Gasteiger partial charge < -0.3 is 15.8 Å². The van der Waals surface area contributed by atoms with Crippen LogP contribution in [0.15, 0.2) is 18.2 Å². The maximum absolute atomic E-state index is 11.3. The second-order valence-corrected chi connectivity index (χ2v) is 5.91. The Balaban J connectivity index is 2.11. The number of nitrogens with two attached hydrogens (primary N) is 1. The van der Waals surface area contributed by atoms with Gasteiger partial charge in [0.25, 0.3) is 0 Å². The first-order valence-corrected chi connectivity index (χ1v) is 6.75. The van der Waals surface area contributed by atoms with Gasteiger partial charge in [-0.25, -0.2) is 0 Å². The van der Waals surface area contributed by atoms with Crippen LogP contribution in [0.5, 0.6) is 0 Å². The minimum absolute atomic E-state index is 0.116. The van der Waals surface area contributed by atoms with Crippen molar-refractivity contribution in [1.29, 1.82) is 0 Å². The largest absolute Gasteiger partial charge is 0.382 e. The Bertz CT molecular complexity index is 488. The lowest BCUT2D eigenvalue weighted by Gasteiger charge is -2.36. The summed E-state index contributed by atoms with van der Waals surface area (Å²) in [5.41, 5.74) is 6.38. The predicted octanol–water partition coefficient (Wildman–Crippen LogP) is 2.81. The molecule has 1 aromatic carbocycles. The molecule has 1 atom stereocenters. The fourth-order valence-electron chi connectivity index (χ4n) is 2.39. The first kappa shape index (κ1) is 14.2. The van der Waals surface area contributed by atoms with E-state index in [1.165, 1.54) is 0 Å². The van der Waals surface area contributed by atoms with Gasteiger partial charge in [0.15, 0.2) is 0 Å². The quantitative estimate of drug-likeness (QED) is 0.896. The van der Waals surface area contributed by atoms with Crippen LogP contribution in [0.25, 0.3) is 0 Å². The van der Waals surface area contributed by atoms with Crippen molar-refractivity contribution in [3.8, 4) is 0 Å². The summed E-state index contributed by atoms with van der Waals surface area (Å²) in [6.07, 6.45) is 1.86. The van der Waals surface area contributed by atoms with Gasteiger partial charge >= 0.3 is 0 Å². The summed E-state index contributed by atoms with van der Waals surface area (Å²) in [7, 11) is 0. The van der Waals surface area contributed by atoms with Crippen LogP contribution in [0.4, 0.5) is 5.69 Å². The highest BCUT2D eigenvalue weighted by atomic mass is 35.5. The molecule has 0 aliphatic carbocycles. The zero-order valence-corrected chi connectivity index (χ0v) is 12.0. The molecule has 19 heavy (non-hydrogen) atoms. The third-order valence-corrected chi connectivity index (χ3v) is 3.63. The number of halogens is 1. The maximum atomic E-state index is 11.3. The Morgan fingerprint density at radius 2 is 2.26 bits per heavy atom. The van der Waals surface area contributed by atoms with E-state index in [0.29, 0.717) is 16.6 Å². The van der Waals surface area contributed by atoms with Crippen molar-refractivity contribution >= 4 is 23.2 Å². The number of ether oxygens (including phenoxy) is 1. The second kappa shape index (κ2) is 5.39. The SMILES string of the molecule is CC1(C)CC(Nc2ccc(Cl)c(C(N)=O)c2)CCO1. The van der Waals surface area contributed by atoms with Crippen molar-refractivity contribution in [3.63, 3.8) is 0 Å². The molecule has 1 aliphatic heterocycles. The van der Waals surface area contributed by atoms with Gasteiger partial charge in [0.1, 0.15) is 0 Å². The van der Waals surface area contributed by atoms with E-state index >= 15 is 0 Å². The van der Waals surface area contributed by atoms with Gasteiger partial charge in [-0.2, -0.15) is 0 Å². The highest BCUT2D eigenvalue weighted by Gasteiger charge is 2.28. The molecule has 1 fully saturated rings. The molecule has 0 bridgehead atoms. The monoisotopic (exact) mass is 282 g/mol. The van der Waals surface area contributed by atoms with Crippen LogP contribution in [0.3, 0.4) is 0 Å². The smallest absolute Gasteiger partial charge is 0.250 e. The van der Waals surface area contributed by atoms with E-state index in [9.17, 15) is 4.79 Å². The van der Waals surface area contributed by atoms with E-state index in [-0.39, 0.29) is 5.60 Å². The van der Waals surface area contributed by atoms with Crippen molar-refractivity contribution in [1.82, 2.24) is 0 Å². The molecule has 1 unspecified atom stereocenters. The number of rotatable bonds is 3. The molecule has 4 nitrogen and oxygen atoms in total. The van der Waals surface area contributed by atoms with E-state index in [2.05, 4.69) is 19.2 Å². The fourth-order valence-corrected chi connectivity index (χ4v) is 2.61. The van der Waals surface area contributed by atoms with E-state index in [4.69, 9.17) is 22.1 Å². The average Bonchev–Trinajstić information content (AvgIpc) is 2.30. The number of carbonyl (C=O) groups excluding carboxylic acids is 1. The van der Waals surface area contributed by atoms with Crippen LogP contribution in [0.2, 0.25) is 5.02 Å². The Morgan fingerprint density at radius 1 is 1.53 bits per heavy atom. The molecule has 0 saturated carbocycles. The number of hydrogen-bond donors (Lipinski definition) is 2. The third kappa shape index (κ3) is 3.61.